The van der Waals surface area contributed by atoms with E-state index in [1.54, 1.807) is 42.7 Å². The maximum absolute atomic E-state index is 12.6. The summed E-state index contributed by atoms with van der Waals surface area (Å²) in [5.74, 6) is -0.226. The van der Waals surface area contributed by atoms with Gasteiger partial charge in [0.1, 0.15) is 6.33 Å². The highest BCUT2D eigenvalue weighted by atomic mass is 16.1. The highest BCUT2D eigenvalue weighted by Crippen LogP contribution is 2.23. The van der Waals surface area contributed by atoms with Crippen LogP contribution in [0.25, 0.3) is 16.7 Å². The lowest BCUT2D eigenvalue weighted by molar-refractivity contribution is 0.101. The second-order valence-electron chi connectivity index (χ2n) is 7.20. The lowest BCUT2D eigenvalue weighted by Crippen LogP contribution is -2.12. The van der Waals surface area contributed by atoms with Gasteiger partial charge in [-0.05, 0) is 74.9 Å². The average Bonchev–Trinajstić information content (AvgIpc) is 3.11. The van der Waals surface area contributed by atoms with Crippen molar-refractivity contribution < 1.29 is 9.59 Å². The second kappa shape index (κ2) is 7.36. The Morgan fingerprint density at radius 2 is 1.62 bits per heavy atom. The number of carbonyl (C=O) groups excluding carboxylic acids is 2. The molecule has 0 saturated carbocycles. The van der Waals surface area contributed by atoms with E-state index in [4.69, 9.17) is 0 Å². The van der Waals surface area contributed by atoms with Crippen LogP contribution in [0.15, 0.2) is 67.0 Å². The molecule has 0 spiro atoms. The Labute approximate surface area is 169 Å². The molecule has 1 heterocycles. The zero-order valence-corrected chi connectivity index (χ0v) is 16.6. The number of rotatable bonds is 4. The maximum atomic E-state index is 12.6. The zero-order chi connectivity index (χ0) is 20.5. The molecule has 0 bridgehead atoms. The number of nitrogens with one attached hydrogen (secondary N) is 1. The molecule has 1 amide bonds. The van der Waals surface area contributed by atoms with Crippen LogP contribution in [-0.4, -0.2) is 21.2 Å². The SMILES string of the molecule is CC(=O)c1ccc(NC(=O)c2ccc3c(c2)ncn3-c2ccc(C)cc2C)cc1. The molecule has 0 atom stereocenters. The van der Waals surface area contributed by atoms with Crippen molar-refractivity contribution in [1.29, 1.82) is 0 Å². The summed E-state index contributed by atoms with van der Waals surface area (Å²) in [7, 11) is 0. The number of nitrogens with zero attached hydrogens (tertiary/aromatic N) is 2. The van der Waals surface area contributed by atoms with E-state index in [1.165, 1.54) is 18.1 Å². The Bertz CT molecular complexity index is 1240. The zero-order valence-electron chi connectivity index (χ0n) is 16.6. The normalized spacial score (nSPS) is 10.9. The Morgan fingerprint density at radius 3 is 2.31 bits per heavy atom. The molecule has 0 aliphatic carbocycles. The van der Waals surface area contributed by atoms with E-state index in [9.17, 15) is 9.59 Å². The number of benzene rings is 3. The van der Waals surface area contributed by atoms with Gasteiger partial charge in [0.05, 0.1) is 16.7 Å². The first kappa shape index (κ1) is 18.6. The molecule has 1 aromatic heterocycles. The lowest BCUT2D eigenvalue weighted by Gasteiger charge is -2.10. The molecule has 5 heteroatoms. The van der Waals surface area contributed by atoms with Gasteiger partial charge in [-0.3, -0.25) is 14.2 Å². The third-order valence-corrected chi connectivity index (χ3v) is 4.97. The van der Waals surface area contributed by atoms with E-state index in [0.717, 1.165) is 16.7 Å². The van der Waals surface area contributed by atoms with Crippen LogP contribution in [0.3, 0.4) is 0 Å². The van der Waals surface area contributed by atoms with Gasteiger partial charge in [0.25, 0.3) is 5.91 Å². The van der Waals surface area contributed by atoms with Crippen molar-refractivity contribution in [1.82, 2.24) is 9.55 Å². The minimum Gasteiger partial charge on any atom is -0.322 e. The number of imidazole rings is 1. The van der Waals surface area contributed by atoms with Crippen molar-refractivity contribution in [3.63, 3.8) is 0 Å². The topological polar surface area (TPSA) is 64.0 Å². The van der Waals surface area contributed by atoms with Crippen LogP contribution >= 0.6 is 0 Å². The first-order valence-corrected chi connectivity index (χ1v) is 9.39. The number of anilines is 1. The summed E-state index contributed by atoms with van der Waals surface area (Å²) in [5, 5.41) is 2.86. The van der Waals surface area contributed by atoms with Crippen LogP contribution in [0.5, 0.6) is 0 Å². The minimum absolute atomic E-state index is 0.00673. The van der Waals surface area contributed by atoms with Gasteiger partial charge in [0.15, 0.2) is 5.78 Å². The predicted molar refractivity (Wildman–Crippen MR) is 115 cm³/mol. The number of aromatic nitrogens is 2. The van der Waals surface area contributed by atoms with Gasteiger partial charge in [-0.25, -0.2) is 4.98 Å². The van der Waals surface area contributed by atoms with E-state index in [2.05, 4.69) is 42.3 Å². The molecule has 3 aromatic carbocycles. The Hall–Kier alpha value is -3.73. The van der Waals surface area contributed by atoms with E-state index in [1.807, 2.05) is 10.6 Å². The van der Waals surface area contributed by atoms with E-state index < -0.39 is 0 Å². The van der Waals surface area contributed by atoms with Crippen molar-refractivity contribution >= 4 is 28.4 Å². The van der Waals surface area contributed by atoms with Crippen molar-refractivity contribution in [3.05, 3.63) is 89.2 Å². The summed E-state index contributed by atoms with van der Waals surface area (Å²) in [6, 6.07) is 18.6. The van der Waals surface area contributed by atoms with E-state index in [0.29, 0.717) is 16.8 Å². The minimum atomic E-state index is -0.219. The number of hydrogen-bond donors (Lipinski definition) is 1. The summed E-state index contributed by atoms with van der Waals surface area (Å²) in [5.41, 5.74) is 6.93. The fourth-order valence-electron chi connectivity index (χ4n) is 3.41. The van der Waals surface area contributed by atoms with Crippen LogP contribution in [0.1, 0.15) is 38.8 Å². The number of Topliss-reactive ketones (excluding diaryl/α,β-unsaturated/α-hetero) is 1. The van der Waals surface area contributed by atoms with Crippen molar-refractivity contribution in [2.75, 3.05) is 5.32 Å². The van der Waals surface area contributed by atoms with Crippen molar-refractivity contribution in [2.24, 2.45) is 0 Å². The number of amides is 1. The molecule has 29 heavy (non-hydrogen) atoms. The van der Waals surface area contributed by atoms with Gasteiger partial charge in [0, 0.05) is 16.8 Å². The Balaban J connectivity index is 1.61. The fourth-order valence-corrected chi connectivity index (χ4v) is 3.41. The highest BCUT2D eigenvalue weighted by Gasteiger charge is 2.12. The largest absolute Gasteiger partial charge is 0.322 e. The third kappa shape index (κ3) is 3.67. The molecule has 0 aliphatic heterocycles. The standard InChI is InChI=1S/C24H21N3O2/c1-15-4-10-22(16(2)12-15)27-14-25-21-13-19(7-11-23(21)27)24(29)26-20-8-5-18(6-9-20)17(3)28/h4-14H,1-3H3,(H,26,29). The van der Waals surface area contributed by atoms with Gasteiger partial charge in [-0.15, -0.1) is 0 Å². The first-order valence-electron chi connectivity index (χ1n) is 9.39. The number of fused-ring (bicyclic) bond motifs is 1. The molecule has 1 N–H and O–H groups in total. The van der Waals surface area contributed by atoms with Crippen LogP contribution in [0.2, 0.25) is 0 Å². The summed E-state index contributed by atoms with van der Waals surface area (Å²) in [4.78, 5) is 28.5. The molecule has 0 unspecified atom stereocenters. The molecule has 144 valence electrons. The smallest absolute Gasteiger partial charge is 0.255 e. The average molecular weight is 383 g/mol. The van der Waals surface area contributed by atoms with Crippen LogP contribution in [0, 0.1) is 13.8 Å². The van der Waals surface area contributed by atoms with Gasteiger partial charge in [-0.1, -0.05) is 17.7 Å². The Morgan fingerprint density at radius 1 is 0.897 bits per heavy atom. The second-order valence-corrected chi connectivity index (χ2v) is 7.20. The molecule has 5 nitrogen and oxygen atoms in total. The van der Waals surface area contributed by atoms with Gasteiger partial charge in [-0.2, -0.15) is 0 Å². The van der Waals surface area contributed by atoms with Gasteiger partial charge >= 0.3 is 0 Å². The molecular formula is C24H21N3O2. The summed E-state index contributed by atoms with van der Waals surface area (Å²) >= 11 is 0. The number of carbonyl (C=O) groups is 2. The number of aryl methyl sites for hydroxylation is 2. The van der Waals surface area contributed by atoms with Crippen molar-refractivity contribution in [3.8, 4) is 5.69 Å². The quantitative estimate of drug-likeness (QED) is 0.499. The fraction of sp³-hybridized carbons (Fsp3) is 0.125. The Kier molecular flexibility index (Phi) is 4.72. The monoisotopic (exact) mass is 383 g/mol. The van der Waals surface area contributed by atoms with E-state index >= 15 is 0 Å². The summed E-state index contributed by atoms with van der Waals surface area (Å²) in [6.45, 7) is 5.66. The van der Waals surface area contributed by atoms with Gasteiger partial charge < -0.3 is 5.32 Å². The molecule has 4 aromatic rings. The highest BCUT2D eigenvalue weighted by molar-refractivity contribution is 6.06. The molecule has 4 rings (SSSR count). The maximum Gasteiger partial charge on any atom is 0.255 e. The van der Waals surface area contributed by atoms with Gasteiger partial charge in [0.2, 0.25) is 0 Å². The van der Waals surface area contributed by atoms with E-state index in [-0.39, 0.29) is 11.7 Å². The number of hydrogen-bond acceptors (Lipinski definition) is 3. The van der Waals surface area contributed by atoms with Crippen LogP contribution in [0.4, 0.5) is 5.69 Å². The van der Waals surface area contributed by atoms with Crippen molar-refractivity contribution in [2.45, 2.75) is 20.8 Å². The first-order chi connectivity index (χ1) is 13.9. The molecule has 0 radical (unpaired) electrons. The molecular weight excluding hydrogens is 362 g/mol. The van der Waals surface area contributed by atoms with Crippen LogP contribution in [-0.2, 0) is 0 Å². The lowest BCUT2D eigenvalue weighted by atomic mass is 10.1. The molecule has 0 fully saturated rings. The third-order valence-electron chi connectivity index (χ3n) is 4.97. The number of ketones is 1. The molecule has 0 saturated heterocycles. The predicted octanol–water partition coefficient (Wildman–Crippen LogP) is 5.10. The molecule has 0 aliphatic rings. The summed E-state index contributed by atoms with van der Waals surface area (Å²) < 4.78 is 2.03. The van der Waals surface area contributed by atoms with Crippen LogP contribution < -0.4 is 5.32 Å². The summed E-state index contributed by atoms with van der Waals surface area (Å²) in [6.07, 6.45) is 1.78.